The van der Waals surface area contributed by atoms with E-state index in [1.54, 1.807) is 0 Å². The first-order valence-electron chi connectivity index (χ1n) is 5.65. The molecule has 1 heterocycles. The van der Waals surface area contributed by atoms with Gasteiger partial charge in [0.25, 0.3) is 0 Å². The van der Waals surface area contributed by atoms with Gasteiger partial charge >= 0.3 is 0 Å². The molecule has 0 spiro atoms. The largest absolute Gasteiger partial charge is 0.382 e. The first-order chi connectivity index (χ1) is 8.63. The normalized spacial score (nSPS) is 11.0. The Hall–Kier alpha value is -1.81. The lowest BCUT2D eigenvalue weighted by molar-refractivity contribution is 0.887. The molecule has 2 aromatic carbocycles. The number of nitrogen functional groups attached to an aromatic ring is 1. The highest BCUT2D eigenvalue weighted by atomic mass is 79.9. The fourth-order valence-corrected chi connectivity index (χ4v) is 2.33. The number of rotatable bonds is 1. The summed E-state index contributed by atoms with van der Waals surface area (Å²) in [6.07, 6.45) is 1.94. The molecule has 18 heavy (non-hydrogen) atoms. The van der Waals surface area contributed by atoms with Crippen molar-refractivity contribution >= 4 is 32.5 Å². The molecule has 3 rings (SSSR count). The molecule has 3 nitrogen and oxygen atoms in total. The van der Waals surface area contributed by atoms with Gasteiger partial charge in [0.15, 0.2) is 0 Å². The maximum absolute atomic E-state index is 5.77. The van der Waals surface area contributed by atoms with E-state index in [2.05, 4.69) is 45.3 Å². The summed E-state index contributed by atoms with van der Waals surface area (Å²) in [4.78, 5) is 0. The molecule has 90 valence electrons. The summed E-state index contributed by atoms with van der Waals surface area (Å²) in [5, 5.41) is 6.67. The lowest BCUT2D eigenvalue weighted by atomic mass is 10.1. The molecule has 0 radical (unpaired) electrons. The molecule has 4 heteroatoms. The summed E-state index contributed by atoms with van der Waals surface area (Å²) in [7, 11) is 0. The molecule has 0 saturated carbocycles. The van der Waals surface area contributed by atoms with Gasteiger partial charge in [-0.25, -0.2) is 4.68 Å². The average molecular weight is 302 g/mol. The van der Waals surface area contributed by atoms with Crippen LogP contribution in [0, 0.1) is 6.92 Å². The second-order valence-electron chi connectivity index (χ2n) is 4.32. The van der Waals surface area contributed by atoms with Crippen molar-refractivity contribution in [2.75, 3.05) is 5.73 Å². The van der Waals surface area contributed by atoms with Crippen LogP contribution in [-0.2, 0) is 0 Å². The summed E-state index contributed by atoms with van der Waals surface area (Å²) in [5.41, 5.74) is 7.78. The van der Waals surface area contributed by atoms with Crippen LogP contribution in [0.5, 0.6) is 0 Å². The summed E-state index contributed by atoms with van der Waals surface area (Å²) < 4.78 is 2.90. The Morgan fingerprint density at radius 3 is 2.56 bits per heavy atom. The molecule has 0 fully saturated rings. The highest BCUT2D eigenvalue weighted by Gasteiger charge is 2.04. The van der Waals surface area contributed by atoms with Gasteiger partial charge in [0, 0.05) is 16.2 Å². The van der Waals surface area contributed by atoms with Crippen LogP contribution in [0.15, 0.2) is 47.1 Å². The number of nitrogens with two attached hydrogens (primary N) is 1. The van der Waals surface area contributed by atoms with Gasteiger partial charge in [0.05, 0.1) is 5.69 Å². The van der Waals surface area contributed by atoms with Crippen LogP contribution >= 0.6 is 15.9 Å². The molecule has 0 bridgehead atoms. The standard InChI is InChI=1S/C14H12BrN3/c1-9-8-18(17-14(9)16)13-5-3-10-6-12(15)4-2-11(10)7-13/h2-8H,1H3,(H2,16,17). The number of aryl methyl sites for hydroxylation is 1. The van der Waals surface area contributed by atoms with Gasteiger partial charge in [-0.1, -0.05) is 28.1 Å². The minimum absolute atomic E-state index is 0.575. The van der Waals surface area contributed by atoms with E-state index >= 15 is 0 Å². The molecule has 0 saturated heterocycles. The van der Waals surface area contributed by atoms with Crippen LogP contribution in [-0.4, -0.2) is 9.78 Å². The van der Waals surface area contributed by atoms with Crippen LogP contribution < -0.4 is 5.73 Å². The van der Waals surface area contributed by atoms with Crippen molar-refractivity contribution in [2.24, 2.45) is 0 Å². The summed E-state index contributed by atoms with van der Waals surface area (Å²) in [6.45, 7) is 1.96. The number of fused-ring (bicyclic) bond motifs is 1. The van der Waals surface area contributed by atoms with Crippen LogP contribution in [0.1, 0.15) is 5.56 Å². The Kier molecular flexibility index (Phi) is 2.59. The van der Waals surface area contributed by atoms with E-state index in [0.717, 1.165) is 15.7 Å². The molecule has 0 amide bonds. The van der Waals surface area contributed by atoms with Crippen molar-refractivity contribution < 1.29 is 0 Å². The second-order valence-corrected chi connectivity index (χ2v) is 5.23. The quantitative estimate of drug-likeness (QED) is 0.745. The molecule has 0 aliphatic carbocycles. The van der Waals surface area contributed by atoms with Gasteiger partial charge in [-0.15, -0.1) is 0 Å². The smallest absolute Gasteiger partial charge is 0.148 e. The lowest BCUT2D eigenvalue weighted by Gasteiger charge is -2.04. The molecule has 0 aliphatic rings. The Labute approximate surface area is 113 Å². The zero-order valence-corrected chi connectivity index (χ0v) is 11.5. The van der Waals surface area contributed by atoms with Gasteiger partial charge in [0.2, 0.25) is 0 Å². The number of anilines is 1. The minimum Gasteiger partial charge on any atom is -0.382 e. The third-order valence-corrected chi connectivity index (χ3v) is 3.48. The SMILES string of the molecule is Cc1cn(-c2ccc3cc(Br)ccc3c2)nc1N. The Bertz CT molecular complexity index is 711. The first-order valence-corrected chi connectivity index (χ1v) is 6.44. The molecular weight excluding hydrogens is 290 g/mol. The summed E-state index contributed by atoms with van der Waals surface area (Å²) >= 11 is 3.47. The molecule has 0 aliphatic heterocycles. The van der Waals surface area contributed by atoms with Crippen molar-refractivity contribution in [3.63, 3.8) is 0 Å². The first kappa shape index (κ1) is 11.3. The highest BCUT2D eigenvalue weighted by Crippen LogP contribution is 2.23. The highest BCUT2D eigenvalue weighted by molar-refractivity contribution is 9.10. The van der Waals surface area contributed by atoms with Crippen LogP contribution in [0.2, 0.25) is 0 Å². The monoisotopic (exact) mass is 301 g/mol. The number of hydrogen-bond acceptors (Lipinski definition) is 2. The molecule has 0 atom stereocenters. The van der Waals surface area contributed by atoms with E-state index in [1.807, 2.05) is 29.9 Å². The van der Waals surface area contributed by atoms with E-state index < -0.39 is 0 Å². The lowest BCUT2D eigenvalue weighted by Crippen LogP contribution is -1.95. The summed E-state index contributed by atoms with van der Waals surface area (Å²) in [6, 6.07) is 12.5. The van der Waals surface area contributed by atoms with E-state index in [9.17, 15) is 0 Å². The third-order valence-electron chi connectivity index (χ3n) is 2.99. The van der Waals surface area contributed by atoms with Crippen molar-refractivity contribution in [3.05, 3.63) is 52.6 Å². The number of aromatic nitrogens is 2. The van der Waals surface area contributed by atoms with Gasteiger partial charge in [-0.05, 0) is 42.0 Å². The van der Waals surface area contributed by atoms with Crippen molar-refractivity contribution in [2.45, 2.75) is 6.92 Å². The third kappa shape index (κ3) is 1.88. The number of nitrogens with zero attached hydrogens (tertiary/aromatic N) is 2. The van der Waals surface area contributed by atoms with Gasteiger partial charge < -0.3 is 5.73 Å². The predicted molar refractivity (Wildman–Crippen MR) is 77.9 cm³/mol. The zero-order chi connectivity index (χ0) is 12.7. The van der Waals surface area contributed by atoms with Gasteiger partial charge in [-0.3, -0.25) is 0 Å². The summed E-state index contributed by atoms with van der Waals surface area (Å²) in [5.74, 6) is 0.575. The second kappa shape index (κ2) is 4.14. The van der Waals surface area contributed by atoms with Crippen LogP contribution in [0.3, 0.4) is 0 Å². The number of halogens is 1. The topological polar surface area (TPSA) is 43.8 Å². The van der Waals surface area contributed by atoms with E-state index in [1.165, 1.54) is 10.8 Å². The van der Waals surface area contributed by atoms with Crippen molar-refractivity contribution in [3.8, 4) is 5.69 Å². The Morgan fingerprint density at radius 1 is 1.11 bits per heavy atom. The fourth-order valence-electron chi connectivity index (χ4n) is 1.95. The zero-order valence-electron chi connectivity index (χ0n) is 9.89. The predicted octanol–water partition coefficient (Wildman–Crippen LogP) is 3.68. The molecule has 3 aromatic rings. The van der Waals surface area contributed by atoms with E-state index in [0.29, 0.717) is 5.82 Å². The van der Waals surface area contributed by atoms with E-state index in [4.69, 9.17) is 5.73 Å². The van der Waals surface area contributed by atoms with Crippen molar-refractivity contribution in [1.29, 1.82) is 0 Å². The maximum Gasteiger partial charge on any atom is 0.148 e. The molecular formula is C14H12BrN3. The van der Waals surface area contributed by atoms with E-state index in [-0.39, 0.29) is 0 Å². The fraction of sp³-hybridized carbons (Fsp3) is 0.0714. The van der Waals surface area contributed by atoms with Crippen molar-refractivity contribution in [1.82, 2.24) is 9.78 Å². The Morgan fingerprint density at radius 2 is 1.83 bits per heavy atom. The number of benzene rings is 2. The molecule has 1 aromatic heterocycles. The maximum atomic E-state index is 5.77. The Balaban J connectivity index is 2.16. The van der Waals surface area contributed by atoms with Gasteiger partial charge in [0.1, 0.15) is 5.82 Å². The average Bonchev–Trinajstić information content (AvgIpc) is 2.69. The van der Waals surface area contributed by atoms with Crippen LogP contribution in [0.25, 0.3) is 16.5 Å². The minimum atomic E-state index is 0.575. The molecule has 0 unspecified atom stereocenters. The number of hydrogen-bond donors (Lipinski definition) is 1. The molecule has 2 N–H and O–H groups in total. The van der Waals surface area contributed by atoms with Crippen LogP contribution in [0.4, 0.5) is 5.82 Å². The van der Waals surface area contributed by atoms with Gasteiger partial charge in [-0.2, -0.15) is 5.10 Å².